The van der Waals surface area contributed by atoms with Crippen LogP contribution in [0.15, 0.2) is 0 Å². The Labute approximate surface area is 88.1 Å². The zero-order valence-electron chi connectivity index (χ0n) is 8.31. The van der Waals surface area contributed by atoms with Crippen LogP contribution in [-0.4, -0.2) is 35.6 Å². The molecular weight excluding hydrogens is 259 g/mol. The van der Waals surface area contributed by atoms with Gasteiger partial charge in [-0.25, -0.2) is 0 Å². The molecule has 0 aromatic rings. The van der Waals surface area contributed by atoms with Crippen molar-refractivity contribution in [3.05, 3.63) is 0 Å². The first-order valence-corrected chi connectivity index (χ1v) is 5.97. The number of hydrogen-bond acceptors (Lipinski definition) is 2. The molecule has 0 saturated carbocycles. The van der Waals surface area contributed by atoms with Crippen molar-refractivity contribution < 1.29 is 9.53 Å². The summed E-state index contributed by atoms with van der Waals surface area (Å²) in [5, 5.41) is 0. The molecule has 0 heterocycles. The van der Waals surface area contributed by atoms with Crippen molar-refractivity contribution in [2.75, 3.05) is 7.11 Å². The second-order valence-electron chi connectivity index (χ2n) is 3.22. The van der Waals surface area contributed by atoms with Crippen LogP contribution >= 0.6 is 0 Å². The molecule has 0 aromatic heterocycles. The Morgan fingerprint density at radius 2 is 2.08 bits per heavy atom. The SMILES string of the molecule is CC[CH]([Sn])C(C)(CC)C(=O)OC. The zero-order valence-corrected chi connectivity index (χ0v) is 11.2. The summed E-state index contributed by atoms with van der Waals surface area (Å²) in [6.07, 6.45) is 1.92. The number of hydrogen-bond donors (Lipinski definition) is 0. The predicted molar refractivity (Wildman–Crippen MR) is 50.2 cm³/mol. The Hall–Kier alpha value is 0.269. The van der Waals surface area contributed by atoms with E-state index in [-0.39, 0.29) is 11.4 Å². The van der Waals surface area contributed by atoms with Crippen molar-refractivity contribution in [2.45, 2.75) is 37.5 Å². The van der Waals surface area contributed by atoms with E-state index in [2.05, 4.69) is 6.92 Å². The third-order valence-corrected chi connectivity index (χ3v) is 5.55. The summed E-state index contributed by atoms with van der Waals surface area (Å²) in [5.41, 5.74) is -0.262. The van der Waals surface area contributed by atoms with E-state index in [0.29, 0.717) is 3.93 Å². The molecule has 3 heteroatoms. The van der Waals surface area contributed by atoms with Gasteiger partial charge in [-0.05, 0) is 0 Å². The normalized spacial score (nSPS) is 18.1. The number of carbonyl (C=O) groups excluding carboxylic acids is 1. The molecule has 3 radical (unpaired) electrons. The summed E-state index contributed by atoms with van der Waals surface area (Å²) in [4.78, 5) is 11.5. The van der Waals surface area contributed by atoms with E-state index in [1.165, 1.54) is 29.6 Å². The van der Waals surface area contributed by atoms with E-state index in [0.717, 1.165) is 12.8 Å². The molecule has 0 aliphatic carbocycles. The van der Waals surface area contributed by atoms with Crippen molar-refractivity contribution in [2.24, 2.45) is 5.41 Å². The van der Waals surface area contributed by atoms with Gasteiger partial charge >= 0.3 is 88.1 Å². The average Bonchev–Trinajstić information content (AvgIpc) is 2.13. The van der Waals surface area contributed by atoms with Crippen molar-refractivity contribution in [3.8, 4) is 0 Å². The molecule has 69 valence electrons. The Morgan fingerprint density at radius 3 is 2.33 bits per heavy atom. The van der Waals surface area contributed by atoms with E-state index in [1.54, 1.807) is 0 Å². The molecule has 0 spiro atoms. The number of carbonyl (C=O) groups is 1. The topological polar surface area (TPSA) is 26.3 Å². The van der Waals surface area contributed by atoms with Gasteiger partial charge in [0.05, 0.1) is 0 Å². The minimum atomic E-state index is -0.262. The first-order chi connectivity index (χ1) is 5.52. The van der Waals surface area contributed by atoms with Gasteiger partial charge in [0, 0.05) is 0 Å². The van der Waals surface area contributed by atoms with Crippen LogP contribution in [0, 0.1) is 5.41 Å². The molecule has 2 atom stereocenters. The second kappa shape index (κ2) is 5.10. The molecule has 0 saturated heterocycles. The van der Waals surface area contributed by atoms with E-state index in [4.69, 9.17) is 4.74 Å². The molecule has 12 heavy (non-hydrogen) atoms. The van der Waals surface area contributed by atoms with Gasteiger partial charge in [0.15, 0.2) is 0 Å². The summed E-state index contributed by atoms with van der Waals surface area (Å²) in [5.74, 6) is -0.0614. The van der Waals surface area contributed by atoms with Gasteiger partial charge in [-0.3, -0.25) is 0 Å². The molecule has 0 N–H and O–H groups in total. The van der Waals surface area contributed by atoms with Crippen molar-refractivity contribution in [1.82, 2.24) is 0 Å². The summed E-state index contributed by atoms with van der Waals surface area (Å²) in [6, 6.07) is 0. The third kappa shape index (κ3) is 2.38. The number of rotatable bonds is 4. The van der Waals surface area contributed by atoms with Crippen LogP contribution in [0.3, 0.4) is 0 Å². The Kier molecular flexibility index (Phi) is 5.21. The van der Waals surface area contributed by atoms with Crippen LogP contribution in [-0.2, 0) is 9.53 Å². The molecule has 0 fully saturated rings. The Morgan fingerprint density at radius 1 is 1.58 bits per heavy atom. The van der Waals surface area contributed by atoms with Gasteiger partial charge in [0.2, 0.25) is 0 Å². The van der Waals surface area contributed by atoms with Crippen LogP contribution in [0.2, 0.25) is 3.93 Å². The molecule has 0 bridgehead atoms. The first kappa shape index (κ1) is 12.3. The summed E-state index contributed by atoms with van der Waals surface area (Å²) < 4.78 is 5.28. The van der Waals surface area contributed by atoms with Crippen LogP contribution in [0.5, 0.6) is 0 Å². The average molecular weight is 276 g/mol. The summed E-state index contributed by atoms with van der Waals surface area (Å²) in [7, 11) is 1.47. The van der Waals surface area contributed by atoms with Crippen LogP contribution in [0.25, 0.3) is 0 Å². The van der Waals surface area contributed by atoms with Gasteiger partial charge in [0.1, 0.15) is 0 Å². The van der Waals surface area contributed by atoms with E-state index >= 15 is 0 Å². The van der Waals surface area contributed by atoms with Gasteiger partial charge in [-0.15, -0.1) is 0 Å². The Bertz CT molecular complexity index is 159. The summed E-state index contributed by atoms with van der Waals surface area (Å²) >= 11 is 1.42. The molecule has 0 amide bonds. The molecule has 0 rings (SSSR count). The van der Waals surface area contributed by atoms with Gasteiger partial charge in [-0.2, -0.15) is 0 Å². The van der Waals surface area contributed by atoms with Crippen LogP contribution in [0.1, 0.15) is 33.6 Å². The molecule has 0 aliphatic heterocycles. The quantitative estimate of drug-likeness (QED) is 0.579. The number of esters is 1. The zero-order chi connectivity index (χ0) is 9.78. The van der Waals surface area contributed by atoms with Crippen LogP contribution < -0.4 is 0 Å². The van der Waals surface area contributed by atoms with Crippen molar-refractivity contribution in [1.29, 1.82) is 0 Å². The molecular formula is C9H17O2Sn. The first-order valence-electron chi connectivity index (χ1n) is 4.32. The molecule has 2 unspecified atom stereocenters. The van der Waals surface area contributed by atoms with Gasteiger partial charge < -0.3 is 0 Å². The van der Waals surface area contributed by atoms with Crippen molar-refractivity contribution >= 4 is 28.5 Å². The maximum absolute atomic E-state index is 11.5. The Balaban J connectivity index is 4.54. The van der Waals surface area contributed by atoms with E-state index in [9.17, 15) is 4.79 Å². The van der Waals surface area contributed by atoms with Crippen LogP contribution in [0.4, 0.5) is 0 Å². The fourth-order valence-electron chi connectivity index (χ4n) is 1.22. The predicted octanol–water partition coefficient (Wildman–Crippen LogP) is 1.94. The fraction of sp³-hybridized carbons (Fsp3) is 0.889. The van der Waals surface area contributed by atoms with Crippen molar-refractivity contribution in [3.63, 3.8) is 0 Å². The standard InChI is InChI=1S/C9H17O2.Sn/c1-5-7-9(3,6-2)8(10)11-4;/h7H,5-6H2,1-4H3;. The van der Waals surface area contributed by atoms with Gasteiger partial charge in [0.25, 0.3) is 0 Å². The number of ether oxygens (including phenoxy) is 1. The van der Waals surface area contributed by atoms with E-state index < -0.39 is 0 Å². The minimum absolute atomic E-state index is 0.0614. The summed E-state index contributed by atoms with van der Waals surface area (Å²) in [6.45, 7) is 6.17. The number of methoxy groups -OCH3 is 1. The maximum atomic E-state index is 11.5. The second-order valence-corrected chi connectivity index (χ2v) is 5.21. The fourth-order valence-corrected chi connectivity index (χ4v) is 2.14. The molecule has 0 aromatic carbocycles. The van der Waals surface area contributed by atoms with Gasteiger partial charge in [-0.1, -0.05) is 0 Å². The van der Waals surface area contributed by atoms with E-state index in [1.807, 2.05) is 13.8 Å². The third-order valence-electron chi connectivity index (χ3n) is 2.56. The molecule has 0 aliphatic rings. The monoisotopic (exact) mass is 277 g/mol. The molecule has 2 nitrogen and oxygen atoms in total.